The second-order valence-corrected chi connectivity index (χ2v) is 5.53. The van der Waals surface area contributed by atoms with E-state index in [1.807, 2.05) is 4.90 Å². The van der Waals surface area contributed by atoms with Crippen LogP contribution >= 0.6 is 0 Å². The van der Waals surface area contributed by atoms with Crippen molar-refractivity contribution in [2.75, 3.05) is 33.0 Å². The highest BCUT2D eigenvalue weighted by molar-refractivity contribution is 5.99. The zero-order valence-electron chi connectivity index (χ0n) is 12.6. The Labute approximate surface area is 120 Å². The lowest BCUT2D eigenvalue weighted by molar-refractivity contribution is 0.0415. The van der Waals surface area contributed by atoms with Crippen LogP contribution in [0.3, 0.4) is 0 Å². The van der Waals surface area contributed by atoms with Crippen LogP contribution in [0.4, 0.5) is 5.69 Å². The number of benzene rings is 1. The molecule has 1 aromatic carbocycles. The fourth-order valence-electron chi connectivity index (χ4n) is 2.60. The molecule has 0 aromatic heterocycles. The molecule has 2 atom stereocenters. The SMILES string of the molecule is COc1ccc(C(=O)N2CC(C)N(C)C(C)C2)c(N)c1. The Bertz CT molecular complexity index is 492. The first-order valence-electron chi connectivity index (χ1n) is 6.88. The molecule has 1 heterocycles. The number of hydrogen-bond donors (Lipinski definition) is 1. The van der Waals surface area contributed by atoms with Crippen LogP contribution in [0, 0.1) is 0 Å². The van der Waals surface area contributed by atoms with E-state index in [0.717, 1.165) is 13.1 Å². The first kappa shape index (κ1) is 14.7. The number of carbonyl (C=O) groups is 1. The van der Waals surface area contributed by atoms with E-state index in [1.54, 1.807) is 25.3 Å². The van der Waals surface area contributed by atoms with E-state index < -0.39 is 0 Å². The summed E-state index contributed by atoms with van der Waals surface area (Å²) in [6.45, 7) is 5.72. The fraction of sp³-hybridized carbons (Fsp3) is 0.533. The minimum absolute atomic E-state index is 0.00282. The van der Waals surface area contributed by atoms with E-state index in [4.69, 9.17) is 10.5 Å². The topological polar surface area (TPSA) is 58.8 Å². The second-order valence-electron chi connectivity index (χ2n) is 5.53. The molecule has 110 valence electrons. The zero-order chi connectivity index (χ0) is 14.9. The van der Waals surface area contributed by atoms with E-state index in [9.17, 15) is 4.79 Å². The van der Waals surface area contributed by atoms with Crippen molar-refractivity contribution in [2.45, 2.75) is 25.9 Å². The van der Waals surface area contributed by atoms with E-state index in [1.165, 1.54) is 0 Å². The van der Waals surface area contributed by atoms with Crippen molar-refractivity contribution in [3.05, 3.63) is 23.8 Å². The Kier molecular flexibility index (Phi) is 4.18. The van der Waals surface area contributed by atoms with Crippen LogP contribution in [0.1, 0.15) is 24.2 Å². The van der Waals surface area contributed by atoms with Gasteiger partial charge in [-0.2, -0.15) is 0 Å². The van der Waals surface area contributed by atoms with Crippen molar-refractivity contribution >= 4 is 11.6 Å². The molecule has 1 aliphatic heterocycles. The number of methoxy groups -OCH3 is 1. The maximum Gasteiger partial charge on any atom is 0.256 e. The van der Waals surface area contributed by atoms with Gasteiger partial charge in [0.1, 0.15) is 5.75 Å². The van der Waals surface area contributed by atoms with Crippen LogP contribution in [-0.2, 0) is 0 Å². The van der Waals surface area contributed by atoms with Crippen LogP contribution in [0.5, 0.6) is 5.75 Å². The van der Waals surface area contributed by atoms with E-state index in [2.05, 4.69) is 25.8 Å². The number of carbonyl (C=O) groups excluding carboxylic acids is 1. The van der Waals surface area contributed by atoms with Crippen molar-refractivity contribution in [3.8, 4) is 5.75 Å². The molecular formula is C15H23N3O2. The zero-order valence-corrected chi connectivity index (χ0v) is 12.6. The molecule has 2 N–H and O–H groups in total. The Balaban J connectivity index is 2.19. The molecule has 2 rings (SSSR count). The quantitative estimate of drug-likeness (QED) is 0.831. The molecule has 0 bridgehead atoms. The van der Waals surface area contributed by atoms with Gasteiger partial charge in [-0.05, 0) is 33.0 Å². The van der Waals surface area contributed by atoms with Crippen molar-refractivity contribution in [3.63, 3.8) is 0 Å². The van der Waals surface area contributed by atoms with Crippen LogP contribution in [0.2, 0.25) is 0 Å². The van der Waals surface area contributed by atoms with Gasteiger partial charge in [0, 0.05) is 36.9 Å². The van der Waals surface area contributed by atoms with Crippen LogP contribution in [0.25, 0.3) is 0 Å². The number of piperazine rings is 1. The molecule has 2 unspecified atom stereocenters. The molecule has 0 saturated carbocycles. The number of hydrogen-bond acceptors (Lipinski definition) is 4. The van der Waals surface area contributed by atoms with Gasteiger partial charge in [-0.15, -0.1) is 0 Å². The van der Waals surface area contributed by atoms with Gasteiger partial charge in [-0.1, -0.05) is 0 Å². The highest BCUT2D eigenvalue weighted by Gasteiger charge is 2.30. The van der Waals surface area contributed by atoms with Gasteiger partial charge in [-0.3, -0.25) is 9.69 Å². The van der Waals surface area contributed by atoms with Gasteiger partial charge in [0.2, 0.25) is 0 Å². The van der Waals surface area contributed by atoms with Crippen molar-refractivity contribution in [1.29, 1.82) is 0 Å². The lowest BCUT2D eigenvalue weighted by Gasteiger charge is -2.42. The minimum atomic E-state index is -0.00282. The Morgan fingerprint density at radius 3 is 2.40 bits per heavy atom. The highest BCUT2D eigenvalue weighted by Crippen LogP contribution is 2.23. The minimum Gasteiger partial charge on any atom is -0.497 e. The average molecular weight is 277 g/mol. The molecule has 0 spiro atoms. The standard InChI is InChI=1S/C15H23N3O2/c1-10-8-18(9-11(2)17(10)3)15(19)13-6-5-12(20-4)7-14(13)16/h5-7,10-11H,8-9,16H2,1-4H3. The molecule has 1 aliphatic rings. The summed E-state index contributed by atoms with van der Waals surface area (Å²) in [5, 5.41) is 0. The number of anilines is 1. The molecule has 0 aliphatic carbocycles. The summed E-state index contributed by atoms with van der Waals surface area (Å²) in [6.07, 6.45) is 0. The number of likely N-dealkylation sites (N-methyl/N-ethyl adjacent to an activating group) is 1. The smallest absolute Gasteiger partial charge is 0.256 e. The van der Waals surface area contributed by atoms with Crippen molar-refractivity contribution < 1.29 is 9.53 Å². The largest absolute Gasteiger partial charge is 0.497 e. The Morgan fingerprint density at radius 1 is 1.30 bits per heavy atom. The molecule has 1 amide bonds. The summed E-state index contributed by atoms with van der Waals surface area (Å²) in [7, 11) is 3.68. The third kappa shape index (κ3) is 2.72. The van der Waals surface area contributed by atoms with Gasteiger partial charge >= 0.3 is 0 Å². The van der Waals surface area contributed by atoms with E-state index in [0.29, 0.717) is 29.1 Å². The molecule has 1 saturated heterocycles. The number of nitrogen functional groups attached to an aromatic ring is 1. The number of amides is 1. The van der Waals surface area contributed by atoms with E-state index >= 15 is 0 Å². The first-order chi connectivity index (χ1) is 9.43. The third-order valence-electron chi connectivity index (χ3n) is 4.14. The van der Waals surface area contributed by atoms with Gasteiger partial charge in [0.15, 0.2) is 0 Å². The maximum absolute atomic E-state index is 12.6. The maximum atomic E-state index is 12.6. The van der Waals surface area contributed by atoms with Crippen LogP contribution in [0.15, 0.2) is 18.2 Å². The summed E-state index contributed by atoms with van der Waals surface area (Å²) < 4.78 is 5.11. The highest BCUT2D eigenvalue weighted by atomic mass is 16.5. The van der Waals surface area contributed by atoms with Gasteiger partial charge in [-0.25, -0.2) is 0 Å². The van der Waals surface area contributed by atoms with Gasteiger partial charge in [0.25, 0.3) is 5.91 Å². The average Bonchev–Trinajstić information content (AvgIpc) is 2.43. The predicted molar refractivity (Wildman–Crippen MR) is 80.0 cm³/mol. The molecule has 20 heavy (non-hydrogen) atoms. The normalized spacial score (nSPS) is 23.7. The summed E-state index contributed by atoms with van der Waals surface area (Å²) in [5.41, 5.74) is 6.98. The third-order valence-corrected chi connectivity index (χ3v) is 4.14. The number of nitrogens with two attached hydrogens (primary N) is 1. The summed E-state index contributed by atoms with van der Waals surface area (Å²) in [4.78, 5) is 16.8. The molecular weight excluding hydrogens is 254 g/mol. The molecule has 1 fully saturated rings. The molecule has 1 aromatic rings. The van der Waals surface area contributed by atoms with E-state index in [-0.39, 0.29) is 5.91 Å². The Hall–Kier alpha value is -1.75. The van der Waals surface area contributed by atoms with Crippen molar-refractivity contribution in [2.24, 2.45) is 0 Å². The number of rotatable bonds is 2. The summed E-state index contributed by atoms with van der Waals surface area (Å²) in [6, 6.07) is 5.90. The van der Waals surface area contributed by atoms with Gasteiger partial charge in [0.05, 0.1) is 12.7 Å². The van der Waals surface area contributed by atoms with Gasteiger partial charge < -0.3 is 15.4 Å². The lowest BCUT2D eigenvalue weighted by Crippen LogP contribution is -2.56. The first-order valence-corrected chi connectivity index (χ1v) is 6.88. The lowest BCUT2D eigenvalue weighted by atomic mass is 10.1. The fourth-order valence-corrected chi connectivity index (χ4v) is 2.60. The van der Waals surface area contributed by atoms with Crippen LogP contribution in [-0.4, -0.2) is 55.0 Å². The number of nitrogens with zero attached hydrogens (tertiary/aromatic N) is 2. The summed E-state index contributed by atoms with van der Waals surface area (Å²) >= 11 is 0. The monoisotopic (exact) mass is 277 g/mol. The second kappa shape index (κ2) is 5.71. The number of ether oxygens (including phenoxy) is 1. The predicted octanol–water partition coefficient (Wildman–Crippen LogP) is 1.44. The molecule has 5 heteroatoms. The molecule has 5 nitrogen and oxygen atoms in total. The molecule has 0 radical (unpaired) electrons. The Morgan fingerprint density at radius 2 is 1.90 bits per heavy atom. The van der Waals surface area contributed by atoms with Crippen LogP contribution < -0.4 is 10.5 Å². The summed E-state index contributed by atoms with van der Waals surface area (Å²) in [5.74, 6) is 0.663. The van der Waals surface area contributed by atoms with Crippen molar-refractivity contribution in [1.82, 2.24) is 9.80 Å².